The maximum Gasteiger partial charge on any atom is 0.195 e. The lowest BCUT2D eigenvalue weighted by Crippen LogP contribution is -2.04. The average molecular weight is 278 g/mol. The van der Waals surface area contributed by atoms with E-state index in [1.807, 2.05) is 19.1 Å². The largest absolute Gasteiger partial charge is 0.288 e. The Hall–Kier alpha value is -1.68. The first-order valence-electron chi connectivity index (χ1n) is 5.84. The van der Waals surface area contributed by atoms with Gasteiger partial charge >= 0.3 is 0 Å². The fraction of sp³-hybridized carbons (Fsp3) is 0.133. The minimum atomic E-state index is -0.836. The maximum atomic E-state index is 13.5. The molecule has 0 aliphatic carbocycles. The fourth-order valence-electron chi connectivity index (χ4n) is 1.70. The second-order valence-corrected chi connectivity index (χ2v) is 5.25. The Morgan fingerprint density at radius 2 is 1.79 bits per heavy atom. The van der Waals surface area contributed by atoms with Crippen LogP contribution in [0.5, 0.6) is 0 Å². The van der Waals surface area contributed by atoms with Crippen molar-refractivity contribution in [2.75, 3.05) is 5.75 Å². The summed E-state index contributed by atoms with van der Waals surface area (Å²) in [6, 6.07) is 9.92. The van der Waals surface area contributed by atoms with Gasteiger partial charge in [0.05, 0.1) is 5.56 Å². The molecule has 0 N–H and O–H groups in total. The van der Waals surface area contributed by atoms with E-state index in [0.717, 1.165) is 16.7 Å². The highest BCUT2D eigenvalue weighted by atomic mass is 32.2. The molecule has 4 heteroatoms. The Morgan fingerprint density at radius 1 is 1.11 bits per heavy atom. The molecule has 0 radical (unpaired) electrons. The van der Waals surface area contributed by atoms with Crippen molar-refractivity contribution in [3.05, 3.63) is 65.2 Å². The van der Waals surface area contributed by atoms with Gasteiger partial charge < -0.3 is 0 Å². The number of carbonyl (C=O) groups is 1. The zero-order valence-electron chi connectivity index (χ0n) is 10.3. The van der Waals surface area contributed by atoms with E-state index in [2.05, 4.69) is 0 Å². The monoisotopic (exact) mass is 278 g/mol. The molecule has 0 aliphatic heterocycles. The highest BCUT2D eigenvalue weighted by molar-refractivity contribution is 7.99. The van der Waals surface area contributed by atoms with E-state index in [0.29, 0.717) is 11.6 Å². The smallest absolute Gasteiger partial charge is 0.195 e. The van der Waals surface area contributed by atoms with Gasteiger partial charge in [-0.15, -0.1) is 11.8 Å². The molecular formula is C15H12F2OS. The number of rotatable bonds is 4. The van der Waals surface area contributed by atoms with Crippen LogP contribution in [0.25, 0.3) is 0 Å². The van der Waals surface area contributed by atoms with Crippen molar-refractivity contribution in [2.45, 2.75) is 11.8 Å². The lowest BCUT2D eigenvalue weighted by molar-refractivity contribution is 0.103. The highest BCUT2D eigenvalue weighted by Gasteiger charge is 2.14. The van der Waals surface area contributed by atoms with Gasteiger partial charge in [0.15, 0.2) is 5.78 Å². The summed E-state index contributed by atoms with van der Waals surface area (Å²) in [5.74, 6) is -1.02. The average Bonchev–Trinajstić information content (AvgIpc) is 2.39. The maximum absolute atomic E-state index is 13.5. The van der Waals surface area contributed by atoms with E-state index in [1.165, 1.54) is 6.07 Å². The van der Waals surface area contributed by atoms with Crippen molar-refractivity contribution in [1.29, 1.82) is 0 Å². The number of carbonyl (C=O) groups excluding carboxylic acids is 1. The predicted octanol–water partition coefficient (Wildman–Crippen LogP) is 4.31. The van der Waals surface area contributed by atoms with Gasteiger partial charge in [-0.2, -0.15) is 0 Å². The molecule has 0 aromatic heterocycles. The lowest BCUT2D eigenvalue weighted by atomic mass is 10.0. The van der Waals surface area contributed by atoms with E-state index in [4.69, 9.17) is 0 Å². The molecule has 98 valence electrons. The van der Waals surface area contributed by atoms with Gasteiger partial charge in [-0.05, 0) is 42.2 Å². The number of thioether (sulfide) groups is 1. The number of ketones is 1. The lowest BCUT2D eigenvalue weighted by Gasteiger charge is -2.04. The quantitative estimate of drug-likeness (QED) is 0.612. The number of halogens is 2. The minimum Gasteiger partial charge on any atom is -0.288 e. The van der Waals surface area contributed by atoms with E-state index in [-0.39, 0.29) is 5.56 Å². The standard InChI is InChI=1S/C15H12F2OS/c1-2-19-12-6-3-10(4-7-12)15(18)13-8-5-11(16)9-14(13)17/h3-9H,2H2,1H3. The van der Waals surface area contributed by atoms with Crippen molar-refractivity contribution in [3.63, 3.8) is 0 Å². The Balaban J connectivity index is 2.28. The molecule has 0 heterocycles. The molecular weight excluding hydrogens is 266 g/mol. The number of hydrogen-bond donors (Lipinski definition) is 0. The summed E-state index contributed by atoms with van der Waals surface area (Å²) in [5, 5.41) is 0. The third kappa shape index (κ3) is 3.20. The first-order chi connectivity index (χ1) is 9.11. The van der Waals surface area contributed by atoms with Crippen LogP contribution in [0.2, 0.25) is 0 Å². The van der Waals surface area contributed by atoms with Crippen LogP contribution in [-0.2, 0) is 0 Å². The van der Waals surface area contributed by atoms with Gasteiger partial charge in [0.25, 0.3) is 0 Å². The molecule has 0 amide bonds. The van der Waals surface area contributed by atoms with E-state index >= 15 is 0 Å². The Morgan fingerprint density at radius 3 is 2.37 bits per heavy atom. The molecule has 2 aromatic carbocycles. The summed E-state index contributed by atoms with van der Waals surface area (Å²) in [6.45, 7) is 2.04. The van der Waals surface area contributed by atoms with Crippen molar-refractivity contribution < 1.29 is 13.6 Å². The molecule has 0 spiro atoms. The molecule has 0 fully saturated rings. The van der Waals surface area contributed by atoms with Crippen LogP contribution in [0.3, 0.4) is 0 Å². The molecule has 0 saturated carbocycles. The zero-order chi connectivity index (χ0) is 13.8. The zero-order valence-corrected chi connectivity index (χ0v) is 11.1. The summed E-state index contributed by atoms with van der Waals surface area (Å²) >= 11 is 1.66. The molecule has 2 aromatic rings. The van der Waals surface area contributed by atoms with Gasteiger partial charge in [-0.3, -0.25) is 4.79 Å². The Kier molecular flexibility index (Phi) is 4.32. The van der Waals surface area contributed by atoms with Crippen molar-refractivity contribution >= 4 is 17.5 Å². The Bertz CT molecular complexity index is 594. The predicted molar refractivity (Wildman–Crippen MR) is 72.6 cm³/mol. The third-order valence-electron chi connectivity index (χ3n) is 2.60. The number of benzene rings is 2. The molecule has 2 rings (SSSR count). The summed E-state index contributed by atoms with van der Waals surface area (Å²) < 4.78 is 26.3. The SMILES string of the molecule is CCSc1ccc(C(=O)c2ccc(F)cc2F)cc1. The first kappa shape index (κ1) is 13.7. The third-order valence-corrected chi connectivity index (χ3v) is 3.50. The molecule has 0 aliphatic rings. The van der Waals surface area contributed by atoms with Crippen LogP contribution in [0.15, 0.2) is 47.4 Å². The Labute approximate surface area is 114 Å². The van der Waals surface area contributed by atoms with Crippen molar-refractivity contribution in [1.82, 2.24) is 0 Å². The summed E-state index contributed by atoms with van der Waals surface area (Å²) in [5.41, 5.74) is 0.281. The van der Waals surface area contributed by atoms with Gasteiger partial charge in [0.2, 0.25) is 0 Å². The van der Waals surface area contributed by atoms with E-state index in [9.17, 15) is 13.6 Å². The van der Waals surface area contributed by atoms with Crippen LogP contribution in [0.4, 0.5) is 8.78 Å². The second kappa shape index (κ2) is 5.97. The molecule has 0 bridgehead atoms. The molecule has 1 nitrogen and oxygen atoms in total. The molecule has 0 atom stereocenters. The van der Waals surface area contributed by atoms with E-state index in [1.54, 1.807) is 23.9 Å². The first-order valence-corrected chi connectivity index (χ1v) is 6.83. The topological polar surface area (TPSA) is 17.1 Å². The van der Waals surface area contributed by atoms with Gasteiger partial charge in [0, 0.05) is 16.5 Å². The van der Waals surface area contributed by atoms with Crippen LogP contribution in [0, 0.1) is 11.6 Å². The van der Waals surface area contributed by atoms with Gasteiger partial charge in [0.1, 0.15) is 11.6 Å². The summed E-state index contributed by atoms with van der Waals surface area (Å²) in [6.07, 6.45) is 0. The fourth-order valence-corrected chi connectivity index (χ4v) is 2.36. The van der Waals surface area contributed by atoms with Crippen molar-refractivity contribution in [3.8, 4) is 0 Å². The van der Waals surface area contributed by atoms with Gasteiger partial charge in [-0.25, -0.2) is 8.78 Å². The second-order valence-electron chi connectivity index (χ2n) is 3.91. The van der Waals surface area contributed by atoms with Crippen LogP contribution in [0.1, 0.15) is 22.8 Å². The van der Waals surface area contributed by atoms with E-state index < -0.39 is 17.4 Å². The van der Waals surface area contributed by atoms with Crippen LogP contribution >= 0.6 is 11.8 Å². The molecule has 0 unspecified atom stereocenters. The number of hydrogen-bond acceptors (Lipinski definition) is 2. The summed E-state index contributed by atoms with van der Waals surface area (Å²) in [7, 11) is 0. The minimum absolute atomic E-state index is 0.114. The summed E-state index contributed by atoms with van der Waals surface area (Å²) in [4.78, 5) is 13.1. The van der Waals surface area contributed by atoms with Crippen LogP contribution in [-0.4, -0.2) is 11.5 Å². The normalized spacial score (nSPS) is 10.5. The van der Waals surface area contributed by atoms with Crippen molar-refractivity contribution in [2.24, 2.45) is 0 Å². The molecule has 0 saturated heterocycles. The highest BCUT2D eigenvalue weighted by Crippen LogP contribution is 2.20. The molecule has 19 heavy (non-hydrogen) atoms. The van der Waals surface area contributed by atoms with Gasteiger partial charge in [-0.1, -0.05) is 6.92 Å². The van der Waals surface area contributed by atoms with Crippen LogP contribution < -0.4 is 0 Å².